The standard InChI is InChI=1S/C13H21N3.ClH/c1-10-4-3-6-15-13(10)9-16-7-5-12(14)11(2)8-16;/h3-4,6,11-12H,5,7-9,14H2,1-2H3;1H. The average Bonchev–Trinajstić information content (AvgIpc) is 2.27. The summed E-state index contributed by atoms with van der Waals surface area (Å²) in [6.07, 6.45) is 2.98. The highest BCUT2D eigenvalue weighted by Gasteiger charge is 2.23. The molecule has 2 heterocycles. The van der Waals surface area contributed by atoms with Crippen LogP contribution in [0.2, 0.25) is 0 Å². The van der Waals surface area contributed by atoms with Crippen LogP contribution in [-0.4, -0.2) is 29.0 Å². The first kappa shape index (κ1) is 14.4. The molecule has 3 nitrogen and oxygen atoms in total. The number of aryl methyl sites for hydroxylation is 1. The second kappa shape index (κ2) is 6.34. The molecular weight excluding hydrogens is 234 g/mol. The highest BCUT2D eigenvalue weighted by molar-refractivity contribution is 5.85. The minimum atomic E-state index is 0. The molecule has 1 aromatic heterocycles. The maximum absolute atomic E-state index is 6.02. The van der Waals surface area contributed by atoms with E-state index in [-0.39, 0.29) is 12.4 Å². The van der Waals surface area contributed by atoms with Crippen molar-refractivity contribution >= 4 is 12.4 Å². The molecule has 2 N–H and O–H groups in total. The zero-order chi connectivity index (χ0) is 11.5. The fraction of sp³-hybridized carbons (Fsp3) is 0.615. The van der Waals surface area contributed by atoms with Crippen molar-refractivity contribution in [2.45, 2.75) is 32.9 Å². The van der Waals surface area contributed by atoms with E-state index in [1.165, 1.54) is 11.3 Å². The molecule has 0 amide bonds. The van der Waals surface area contributed by atoms with Gasteiger partial charge in [-0.05, 0) is 30.9 Å². The Balaban J connectivity index is 0.00000144. The van der Waals surface area contributed by atoms with E-state index in [4.69, 9.17) is 5.73 Å². The summed E-state index contributed by atoms with van der Waals surface area (Å²) in [5.41, 5.74) is 8.50. The smallest absolute Gasteiger partial charge is 0.0573 e. The first-order valence-electron chi connectivity index (χ1n) is 6.05. The van der Waals surface area contributed by atoms with E-state index in [1.54, 1.807) is 0 Å². The topological polar surface area (TPSA) is 42.2 Å². The average molecular weight is 256 g/mol. The highest BCUT2D eigenvalue weighted by atomic mass is 35.5. The molecule has 2 unspecified atom stereocenters. The Bertz CT molecular complexity index is 356. The van der Waals surface area contributed by atoms with Gasteiger partial charge in [-0.1, -0.05) is 13.0 Å². The lowest BCUT2D eigenvalue weighted by molar-refractivity contribution is 0.156. The largest absolute Gasteiger partial charge is 0.327 e. The van der Waals surface area contributed by atoms with Gasteiger partial charge in [-0.15, -0.1) is 12.4 Å². The first-order valence-corrected chi connectivity index (χ1v) is 6.05. The minimum absolute atomic E-state index is 0. The highest BCUT2D eigenvalue weighted by Crippen LogP contribution is 2.17. The Morgan fingerprint density at radius 2 is 2.29 bits per heavy atom. The van der Waals surface area contributed by atoms with Gasteiger partial charge in [0.2, 0.25) is 0 Å². The lowest BCUT2D eigenvalue weighted by Gasteiger charge is -2.35. The van der Waals surface area contributed by atoms with Crippen molar-refractivity contribution in [2.24, 2.45) is 11.7 Å². The number of rotatable bonds is 2. The predicted octanol–water partition coefficient (Wildman–Crippen LogP) is 1.98. The Morgan fingerprint density at radius 3 is 2.94 bits per heavy atom. The Labute approximate surface area is 110 Å². The number of piperidine rings is 1. The fourth-order valence-electron chi connectivity index (χ4n) is 2.29. The molecule has 0 saturated carbocycles. The van der Waals surface area contributed by atoms with E-state index < -0.39 is 0 Å². The molecule has 2 rings (SSSR count). The number of pyridine rings is 1. The van der Waals surface area contributed by atoms with Crippen LogP contribution in [0.25, 0.3) is 0 Å². The molecule has 0 aromatic carbocycles. The number of nitrogens with two attached hydrogens (primary N) is 1. The van der Waals surface area contributed by atoms with Crippen LogP contribution in [0.4, 0.5) is 0 Å². The van der Waals surface area contributed by atoms with Crippen molar-refractivity contribution in [3.05, 3.63) is 29.6 Å². The van der Waals surface area contributed by atoms with Crippen LogP contribution < -0.4 is 5.73 Å². The van der Waals surface area contributed by atoms with Crippen molar-refractivity contribution in [2.75, 3.05) is 13.1 Å². The van der Waals surface area contributed by atoms with Crippen LogP contribution in [0.15, 0.2) is 18.3 Å². The van der Waals surface area contributed by atoms with Gasteiger partial charge in [0.25, 0.3) is 0 Å². The molecule has 0 radical (unpaired) electrons. The normalized spacial score (nSPS) is 25.4. The Morgan fingerprint density at radius 1 is 1.53 bits per heavy atom. The van der Waals surface area contributed by atoms with E-state index in [2.05, 4.69) is 29.8 Å². The second-order valence-electron chi connectivity index (χ2n) is 4.93. The fourth-order valence-corrected chi connectivity index (χ4v) is 2.29. The summed E-state index contributed by atoms with van der Waals surface area (Å²) in [4.78, 5) is 6.91. The summed E-state index contributed by atoms with van der Waals surface area (Å²) in [6, 6.07) is 4.50. The van der Waals surface area contributed by atoms with Gasteiger partial charge in [0.05, 0.1) is 5.69 Å². The summed E-state index contributed by atoms with van der Waals surface area (Å²) >= 11 is 0. The molecule has 1 aliphatic rings. The summed E-state index contributed by atoms with van der Waals surface area (Å²) in [7, 11) is 0. The summed E-state index contributed by atoms with van der Waals surface area (Å²) in [6.45, 7) is 7.52. The van der Waals surface area contributed by atoms with Crippen LogP contribution in [0, 0.1) is 12.8 Å². The number of nitrogens with zero attached hydrogens (tertiary/aromatic N) is 2. The molecule has 0 aliphatic carbocycles. The maximum atomic E-state index is 6.02. The number of halogens is 1. The first-order chi connectivity index (χ1) is 7.66. The Kier molecular flexibility index (Phi) is 5.37. The van der Waals surface area contributed by atoms with E-state index >= 15 is 0 Å². The number of aromatic nitrogens is 1. The third-order valence-electron chi connectivity index (χ3n) is 3.55. The summed E-state index contributed by atoms with van der Waals surface area (Å²) < 4.78 is 0. The van der Waals surface area contributed by atoms with Crippen molar-refractivity contribution in [3.63, 3.8) is 0 Å². The molecule has 0 bridgehead atoms. The number of hydrogen-bond donors (Lipinski definition) is 1. The van der Waals surface area contributed by atoms with Gasteiger partial charge < -0.3 is 5.73 Å². The lowest BCUT2D eigenvalue weighted by Crippen LogP contribution is -2.45. The molecular formula is C13H22ClN3. The zero-order valence-electron chi connectivity index (χ0n) is 10.6. The van der Waals surface area contributed by atoms with Crippen LogP contribution >= 0.6 is 12.4 Å². The molecule has 96 valence electrons. The molecule has 1 saturated heterocycles. The molecule has 0 spiro atoms. The van der Waals surface area contributed by atoms with E-state index in [0.717, 1.165) is 26.1 Å². The lowest BCUT2D eigenvalue weighted by atomic mass is 9.94. The van der Waals surface area contributed by atoms with Gasteiger partial charge in [0.15, 0.2) is 0 Å². The third-order valence-corrected chi connectivity index (χ3v) is 3.55. The van der Waals surface area contributed by atoms with Crippen LogP contribution in [-0.2, 0) is 6.54 Å². The molecule has 17 heavy (non-hydrogen) atoms. The molecule has 1 fully saturated rings. The van der Waals surface area contributed by atoms with Crippen LogP contribution in [0.5, 0.6) is 0 Å². The third kappa shape index (κ3) is 3.66. The van der Waals surface area contributed by atoms with E-state index in [9.17, 15) is 0 Å². The van der Waals surface area contributed by atoms with Gasteiger partial charge in [-0.3, -0.25) is 9.88 Å². The number of hydrogen-bond acceptors (Lipinski definition) is 3. The van der Waals surface area contributed by atoms with Crippen LogP contribution in [0.3, 0.4) is 0 Å². The monoisotopic (exact) mass is 255 g/mol. The van der Waals surface area contributed by atoms with Gasteiger partial charge in [-0.2, -0.15) is 0 Å². The predicted molar refractivity (Wildman–Crippen MR) is 73.3 cm³/mol. The molecule has 1 aliphatic heterocycles. The molecule has 4 heteroatoms. The zero-order valence-corrected chi connectivity index (χ0v) is 11.4. The second-order valence-corrected chi connectivity index (χ2v) is 4.93. The van der Waals surface area contributed by atoms with Gasteiger partial charge in [-0.25, -0.2) is 0 Å². The van der Waals surface area contributed by atoms with Crippen molar-refractivity contribution in [1.82, 2.24) is 9.88 Å². The minimum Gasteiger partial charge on any atom is -0.327 e. The van der Waals surface area contributed by atoms with E-state index in [1.807, 2.05) is 12.3 Å². The van der Waals surface area contributed by atoms with Gasteiger partial charge in [0, 0.05) is 31.9 Å². The maximum Gasteiger partial charge on any atom is 0.0573 e. The van der Waals surface area contributed by atoms with Crippen LogP contribution in [0.1, 0.15) is 24.6 Å². The van der Waals surface area contributed by atoms with Crippen molar-refractivity contribution in [1.29, 1.82) is 0 Å². The van der Waals surface area contributed by atoms with E-state index in [0.29, 0.717) is 12.0 Å². The number of likely N-dealkylation sites (tertiary alicyclic amines) is 1. The summed E-state index contributed by atoms with van der Waals surface area (Å²) in [5, 5.41) is 0. The van der Waals surface area contributed by atoms with Crippen molar-refractivity contribution < 1.29 is 0 Å². The Hall–Kier alpha value is -0.640. The summed E-state index contributed by atoms with van der Waals surface area (Å²) in [5.74, 6) is 0.595. The van der Waals surface area contributed by atoms with Crippen molar-refractivity contribution in [3.8, 4) is 0 Å². The SMILES string of the molecule is Cc1cccnc1CN1CCC(N)C(C)C1.Cl. The quantitative estimate of drug-likeness (QED) is 0.879. The molecule has 2 atom stereocenters. The van der Waals surface area contributed by atoms with Gasteiger partial charge in [0.1, 0.15) is 0 Å². The van der Waals surface area contributed by atoms with Gasteiger partial charge >= 0.3 is 0 Å². The molecule has 1 aromatic rings.